The highest BCUT2D eigenvalue weighted by atomic mass is 19.4. The molecule has 0 bridgehead atoms. The number of nitrogens with one attached hydrogen (secondary N) is 2. The van der Waals surface area contributed by atoms with E-state index in [1.54, 1.807) is 12.3 Å². The molecule has 0 aromatic carbocycles. The summed E-state index contributed by atoms with van der Waals surface area (Å²) in [6, 6.07) is 6.09. The summed E-state index contributed by atoms with van der Waals surface area (Å²) in [4.78, 5) is 8.29. The molecule has 3 aromatic rings. The second-order valence-corrected chi connectivity index (χ2v) is 6.06. The molecule has 0 spiro atoms. The number of aromatic nitrogens is 4. The molecule has 134 valence electrons. The summed E-state index contributed by atoms with van der Waals surface area (Å²) in [6.45, 7) is 1.77. The standard InChI is InChI=1S/C17H15F3N6/c18-17(19,20)10-3-4-13(23-8-10)14-12-2-1-6-22-15(12)16(26-25-14)24-11-5-7-21-9-11/h1-4,6,8,11,21H,5,7,9H2,(H,24,26). The Labute approximate surface area is 146 Å². The van der Waals surface area contributed by atoms with Crippen molar-refractivity contribution in [2.45, 2.75) is 18.6 Å². The van der Waals surface area contributed by atoms with Gasteiger partial charge in [0.2, 0.25) is 0 Å². The number of alkyl halides is 3. The quantitative estimate of drug-likeness (QED) is 0.748. The molecule has 0 amide bonds. The Morgan fingerprint density at radius 1 is 1.12 bits per heavy atom. The average Bonchev–Trinajstić information content (AvgIpc) is 3.15. The lowest BCUT2D eigenvalue weighted by Gasteiger charge is -2.14. The van der Waals surface area contributed by atoms with Gasteiger partial charge in [-0.2, -0.15) is 13.2 Å². The van der Waals surface area contributed by atoms with Crippen LogP contribution in [0.4, 0.5) is 19.0 Å². The van der Waals surface area contributed by atoms with E-state index in [1.807, 2.05) is 6.07 Å². The Balaban J connectivity index is 1.74. The van der Waals surface area contributed by atoms with E-state index >= 15 is 0 Å². The Morgan fingerprint density at radius 3 is 2.69 bits per heavy atom. The maximum atomic E-state index is 12.7. The molecule has 2 N–H and O–H groups in total. The third kappa shape index (κ3) is 3.17. The average molecular weight is 360 g/mol. The Bertz CT molecular complexity index is 920. The van der Waals surface area contributed by atoms with Crippen LogP contribution in [0.2, 0.25) is 0 Å². The molecule has 0 saturated carbocycles. The lowest BCUT2D eigenvalue weighted by Crippen LogP contribution is -2.23. The second kappa shape index (κ2) is 6.49. The number of rotatable bonds is 3. The Kier molecular flexibility index (Phi) is 4.15. The zero-order valence-electron chi connectivity index (χ0n) is 13.6. The first-order chi connectivity index (χ1) is 12.5. The van der Waals surface area contributed by atoms with Crippen LogP contribution in [0.25, 0.3) is 22.3 Å². The second-order valence-electron chi connectivity index (χ2n) is 6.06. The summed E-state index contributed by atoms with van der Waals surface area (Å²) < 4.78 is 38.2. The van der Waals surface area contributed by atoms with E-state index in [1.165, 1.54) is 6.07 Å². The van der Waals surface area contributed by atoms with E-state index in [0.29, 0.717) is 28.1 Å². The van der Waals surface area contributed by atoms with Crippen LogP contribution >= 0.6 is 0 Å². The van der Waals surface area contributed by atoms with Gasteiger partial charge >= 0.3 is 6.18 Å². The molecule has 3 aromatic heterocycles. The molecule has 1 fully saturated rings. The van der Waals surface area contributed by atoms with Gasteiger partial charge < -0.3 is 10.6 Å². The first kappa shape index (κ1) is 16.6. The zero-order valence-corrected chi connectivity index (χ0v) is 13.6. The van der Waals surface area contributed by atoms with E-state index in [9.17, 15) is 13.2 Å². The van der Waals surface area contributed by atoms with E-state index in [4.69, 9.17) is 0 Å². The number of hydrogen-bond donors (Lipinski definition) is 2. The molecule has 26 heavy (non-hydrogen) atoms. The fourth-order valence-corrected chi connectivity index (χ4v) is 2.95. The number of nitrogens with zero attached hydrogens (tertiary/aromatic N) is 4. The van der Waals surface area contributed by atoms with Crippen LogP contribution in [0.1, 0.15) is 12.0 Å². The molecule has 1 aliphatic rings. The lowest BCUT2D eigenvalue weighted by atomic mass is 10.1. The number of hydrogen-bond acceptors (Lipinski definition) is 6. The molecule has 1 unspecified atom stereocenters. The van der Waals surface area contributed by atoms with Gasteiger partial charge in [-0.05, 0) is 37.2 Å². The SMILES string of the molecule is FC(F)(F)c1ccc(-c2nnc(NC3CCNC3)c3ncccc23)nc1. The van der Waals surface area contributed by atoms with Crippen molar-refractivity contribution in [3.63, 3.8) is 0 Å². The van der Waals surface area contributed by atoms with E-state index < -0.39 is 11.7 Å². The van der Waals surface area contributed by atoms with Gasteiger partial charge in [0.15, 0.2) is 5.82 Å². The van der Waals surface area contributed by atoms with Crippen LogP contribution in [0.15, 0.2) is 36.7 Å². The fraction of sp³-hybridized carbons (Fsp3) is 0.294. The van der Waals surface area contributed by atoms with Crippen molar-refractivity contribution in [2.24, 2.45) is 0 Å². The predicted octanol–water partition coefficient (Wildman–Crippen LogP) is 2.88. The molecule has 6 nitrogen and oxygen atoms in total. The first-order valence-electron chi connectivity index (χ1n) is 8.14. The first-order valence-corrected chi connectivity index (χ1v) is 8.14. The third-order valence-electron chi connectivity index (χ3n) is 4.27. The summed E-state index contributed by atoms with van der Waals surface area (Å²) in [6.07, 6.45) is -1.01. The summed E-state index contributed by atoms with van der Waals surface area (Å²) in [5.41, 5.74) is 0.532. The van der Waals surface area contributed by atoms with Crippen molar-refractivity contribution in [3.8, 4) is 11.4 Å². The lowest BCUT2D eigenvalue weighted by molar-refractivity contribution is -0.137. The normalized spacial score (nSPS) is 17.6. The van der Waals surface area contributed by atoms with Crippen LogP contribution in [0, 0.1) is 0 Å². The highest BCUT2D eigenvalue weighted by molar-refractivity contribution is 5.96. The molecule has 1 saturated heterocycles. The van der Waals surface area contributed by atoms with Gasteiger partial charge in [0, 0.05) is 30.4 Å². The molecule has 4 heterocycles. The van der Waals surface area contributed by atoms with Crippen molar-refractivity contribution >= 4 is 16.7 Å². The molecule has 0 aliphatic carbocycles. The van der Waals surface area contributed by atoms with Crippen LogP contribution < -0.4 is 10.6 Å². The minimum Gasteiger partial charge on any atom is -0.363 e. The van der Waals surface area contributed by atoms with E-state index in [2.05, 4.69) is 30.8 Å². The smallest absolute Gasteiger partial charge is 0.363 e. The maximum Gasteiger partial charge on any atom is 0.417 e. The van der Waals surface area contributed by atoms with Gasteiger partial charge in [-0.1, -0.05) is 0 Å². The van der Waals surface area contributed by atoms with Crippen molar-refractivity contribution < 1.29 is 13.2 Å². The highest BCUT2D eigenvalue weighted by Gasteiger charge is 2.31. The van der Waals surface area contributed by atoms with Gasteiger partial charge in [0.05, 0.1) is 11.3 Å². The van der Waals surface area contributed by atoms with Crippen LogP contribution in [0.3, 0.4) is 0 Å². The van der Waals surface area contributed by atoms with Crippen molar-refractivity contribution in [1.29, 1.82) is 0 Å². The summed E-state index contributed by atoms with van der Waals surface area (Å²) in [7, 11) is 0. The monoisotopic (exact) mass is 360 g/mol. The highest BCUT2D eigenvalue weighted by Crippen LogP contribution is 2.31. The maximum absolute atomic E-state index is 12.7. The van der Waals surface area contributed by atoms with Gasteiger partial charge in [0.25, 0.3) is 0 Å². The molecule has 1 atom stereocenters. The third-order valence-corrected chi connectivity index (χ3v) is 4.27. The van der Waals surface area contributed by atoms with Gasteiger partial charge in [-0.25, -0.2) is 0 Å². The Hall–Kier alpha value is -2.81. The number of fused-ring (bicyclic) bond motifs is 1. The Morgan fingerprint density at radius 2 is 2.00 bits per heavy atom. The minimum atomic E-state index is -4.43. The number of pyridine rings is 2. The van der Waals surface area contributed by atoms with Crippen LogP contribution in [0.5, 0.6) is 0 Å². The van der Waals surface area contributed by atoms with Crippen molar-refractivity contribution in [1.82, 2.24) is 25.5 Å². The largest absolute Gasteiger partial charge is 0.417 e. The van der Waals surface area contributed by atoms with Crippen LogP contribution in [-0.4, -0.2) is 39.3 Å². The molecule has 1 aliphatic heterocycles. The van der Waals surface area contributed by atoms with Gasteiger partial charge in [-0.3, -0.25) is 9.97 Å². The summed E-state index contributed by atoms with van der Waals surface area (Å²) in [5.74, 6) is 0.560. The molecule has 9 heteroatoms. The molecular weight excluding hydrogens is 345 g/mol. The summed E-state index contributed by atoms with van der Waals surface area (Å²) >= 11 is 0. The number of halogens is 3. The zero-order chi connectivity index (χ0) is 18.1. The van der Waals surface area contributed by atoms with Gasteiger partial charge in [-0.15, -0.1) is 10.2 Å². The molecule has 0 radical (unpaired) electrons. The van der Waals surface area contributed by atoms with Crippen molar-refractivity contribution in [2.75, 3.05) is 18.4 Å². The molecule has 4 rings (SSSR count). The molecular formula is C17H15F3N6. The fourth-order valence-electron chi connectivity index (χ4n) is 2.95. The van der Waals surface area contributed by atoms with E-state index in [0.717, 1.165) is 31.8 Å². The predicted molar refractivity (Wildman–Crippen MR) is 90.5 cm³/mol. The topological polar surface area (TPSA) is 75.6 Å². The van der Waals surface area contributed by atoms with Gasteiger partial charge in [0.1, 0.15) is 11.2 Å². The van der Waals surface area contributed by atoms with E-state index in [-0.39, 0.29) is 6.04 Å². The van der Waals surface area contributed by atoms with Crippen LogP contribution in [-0.2, 0) is 6.18 Å². The summed E-state index contributed by atoms with van der Waals surface area (Å²) in [5, 5.41) is 15.7. The van der Waals surface area contributed by atoms with Crippen molar-refractivity contribution in [3.05, 3.63) is 42.2 Å². The number of anilines is 1. The minimum absolute atomic E-state index is 0.240.